The molecule has 0 aliphatic rings. The Morgan fingerprint density at radius 1 is 1.10 bits per heavy atom. The van der Waals surface area contributed by atoms with Crippen LogP contribution in [0.2, 0.25) is 0 Å². The number of phenolic OH excluding ortho intramolecular Hbond substituents is 1. The molecule has 0 radical (unpaired) electrons. The van der Waals surface area contributed by atoms with Crippen LogP contribution in [0.25, 0.3) is 0 Å². The summed E-state index contributed by atoms with van der Waals surface area (Å²) >= 11 is 9.77. The van der Waals surface area contributed by atoms with Gasteiger partial charge < -0.3 is 5.11 Å². The van der Waals surface area contributed by atoms with Gasteiger partial charge in [0.1, 0.15) is 5.75 Å². The van der Waals surface area contributed by atoms with Crippen molar-refractivity contribution in [3.05, 3.63) is 60.9 Å². The van der Waals surface area contributed by atoms with Crippen molar-refractivity contribution in [1.29, 1.82) is 0 Å². The number of hydrogen-bond donors (Lipinski definition) is 2. The van der Waals surface area contributed by atoms with Gasteiger partial charge in [0.15, 0.2) is 0 Å². The van der Waals surface area contributed by atoms with Crippen molar-refractivity contribution >= 4 is 59.9 Å². The molecule has 2 rings (SSSR count). The first-order valence-corrected chi connectivity index (χ1v) is 8.13. The number of rotatable bonds is 3. The number of hydrogen-bond acceptors (Lipinski definition) is 3. The van der Waals surface area contributed by atoms with E-state index in [4.69, 9.17) is 0 Å². The third kappa shape index (κ3) is 4.15. The van der Waals surface area contributed by atoms with Gasteiger partial charge in [-0.25, -0.2) is 5.43 Å². The van der Waals surface area contributed by atoms with Gasteiger partial charge in [0, 0.05) is 4.47 Å². The van der Waals surface area contributed by atoms with Gasteiger partial charge >= 0.3 is 0 Å². The Hall–Kier alpha value is -1.18. The summed E-state index contributed by atoms with van der Waals surface area (Å²) in [6.45, 7) is 0. The van der Waals surface area contributed by atoms with E-state index < -0.39 is 0 Å². The van der Waals surface area contributed by atoms with Crippen LogP contribution in [0.3, 0.4) is 0 Å². The second-order valence-electron chi connectivity index (χ2n) is 4.01. The van der Waals surface area contributed by atoms with Gasteiger partial charge in [-0.15, -0.1) is 0 Å². The van der Waals surface area contributed by atoms with Gasteiger partial charge in [-0.1, -0.05) is 12.1 Å². The minimum absolute atomic E-state index is 0.115. The molecule has 0 aliphatic heterocycles. The summed E-state index contributed by atoms with van der Waals surface area (Å²) in [5.41, 5.74) is 3.67. The van der Waals surface area contributed by atoms with Crippen LogP contribution in [0.15, 0.2) is 54.9 Å². The number of carbonyl (C=O) groups excluding carboxylic acids is 1. The maximum atomic E-state index is 11.9. The lowest BCUT2D eigenvalue weighted by Gasteiger charge is -2.03. The average molecular weight is 477 g/mol. The molecule has 0 bridgehead atoms. The largest absolute Gasteiger partial charge is 0.506 e. The predicted molar refractivity (Wildman–Crippen MR) is 92.7 cm³/mol. The Kier molecular flexibility index (Phi) is 5.55. The topological polar surface area (TPSA) is 61.7 Å². The molecule has 0 aromatic heterocycles. The van der Waals surface area contributed by atoms with E-state index in [9.17, 15) is 9.90 Å². The lowest BCUT2D eigenvalue weighted by Crippen LogP contribution is -2.18. The fourth-order valence-electron chi connectivity index (χ4n) is 1.53. The van der Waals surface area contributed by atoms with Crippen LogP contribution in [-0.2, 0) is 0 Å². The molecular weight excluding hydrogens is 468 g/mol. The molecule has 2 aromatic carbocycles. The molecule has 0 saturated heterocycles. The van der Waals surface area contributed by atoms with Crippen LogP contribution in [0.5, 0.6) is 5.75 Å². The zero-order valence-corrected chi connectivity index (χ0v) is 15.2. The van der Waals surface area contributed by atoms with E-state index in [1.54, 1.807) is 30.3 Å². The van der Waals surface area contributed by atoms with Crippen LogP contribution in [0, 0.1) is 0 Å². The van der Waals surface area contributed by atoms with Crippen molar-refractivity contribution in [2.24, 2.45) is 5.10 Å². The minimum Gasteiger partial charge on any atom is -0.506 e. The molecule has 0 saturated carbocycles. The summed E-state index contributed by atoms with van der Waals surface area (Å²) in [5, 5.41) is 13.5. The van der Waals surface area contributed by atoms with Crippen molar-refractivity contribution in [1.82, 2.24) is 5.43 Å². The van der Waals surface area contributed by atoms with Crippen LogP contribution >= 0.6 is 47.8 Å². The van der Waals surface area contributed by atoms with Crippen molar-refractivity contribution in [3.63, 3.8) is 0 Å². The molecule has 1 amide bonds. The molecule has 21 heavy (non-hydrogen) atoms. The van der Waals surface area contributed by atoms with E-state index in [-0.39, 0.29) is 11.7 Å². The number of phenols is 1. The van der Waals surface area contributed by atoms with Crippen LogP contribution in [0.4, 0.5) is 0 Å². The Labute approximate surface area is 146 Å². The van der Waals surface area contributed by atoms with Crippen LogP contribution in [0.1, 0.15) is 15.9 Å². The highest BCUT2D eigenvalue weighted by molar-refractivity contribution is 9.11. The lowest BCUT2D eigenvalue weighted by molar-refractivity contribution is 0.0954. The van der Waals surface area contributed by atoms with E-state index in [0.717, 1.165) is 5.56 Å². The normalized spacial score (nSPS) is 10.8. The van der Waals surface area contributed by atoms with Crippen molar-refractivity contribution < 1.29 is 9.90 Å². The van der Waals surface area contributed by atoms with E-state index in [1.165, 1.54) is 6.21 Å². The second-order valence-corrected chi connectivity index (χ2v) is 6.58. The number of hydrazone groups is 1. The quantitative estimate of drug-likeness (QED) is 0.508. The van der Waals surface area contributed by atoms with Crippen molar-refractivity contribution in [3.8, 4) is 5.75 Å². The van der Waals surface area contributed by atoms with Gasteiger partial charge in [0.05, 0.1) is 20.7 Å². The van der Waals surface area contributed by atoms with E-state index >= 15 is 0 Å². The molecule has 4 nitrogen and oxygen atoms in total. The molecule has 0 heterocycles. The molecule has 2 N–H and O–H groups in total. The highest BCUT2D eigenvalue weighted by Crippen LogP contribution is 2.32. The van der Waals surface area contributed by atoms with Crippen LogP contribution < -0.4 is 5.43 Å². The van der Waals surface area contributed by atoms with Gasteiger partial charge in [0.2, 0.25) is 0 Å². The zero-order chi connectivity index (χ0) is 15.4. The molecule has 0 spiro atoms. The lowest BCUT2D eigenvalue weighted by atomic mass is 10.2. The highest BCUT2D eigenvalue weighted by Gasteiger charge is 2.08. The number of amides is 1. The average Bonchev–Trinajstić information content (AvgIpc) is 2.45. The molecule has 0 fully saturated rings. The number of aromatic hydroxyl groups is 1. The Balaban J connectivity index is 2.10. The predicted octanol–water partition coefficient (Wildman–Crippen LogP) is 4.44. The first kappa shape index (κ1) is 16.2. The summed E-state index contributed by atoms with van der Waals surface area (Å²) in [5.74, 6) is -0.194. The van der Waals surface area contributed by atoms with Gasteiger partial charge in [-0.05, 0) is 77.6 Å². The third-order valence-corrected chi connectivity index (χ3v) is 4.44. The maximum absolute atomic E-state index is 11.9. The first-order valence-electron chi connectivity index (χ1n) is 5.75. The molecule has 0 atom stereocenters. The molecule has 0 unspecified atom stereocenters. The summed E-state index contributed by atoms with van der Waals surface area (Å²) in [4.78, 5) is 11.9. The second kappa shape index (κ2) is 7.20. The number of nitrogens with zero attached hydrogens (tertiary/aromatic N) is 1. The van der Waals surface area contributed by atoms with Gasteiger partial charge in [-0.2, -0.15) is 5.10 Å². The highest BCUT2D eigenvalue weighted by atomic mass is 79.9. The molecule has 0 aliphatic carbocycles. The molecule has 7 heteroatoms. The summed E-state index contributed by atoms with van der Waals surface area (Å²) in [7, 11) is 0. The first-order chi connectivity index (χ1) is 9.99. The summed E-state index contributed by atoms with van der Waals surface area (Å²) < 4.78 is 1.78. The standard InChI is InChI=1S/C14H9Br3N2O2/c15-10-4-2-1-3-9(10)14(21)19-18-7-8-5-11(16)13(20)12(17)6-8/h1-7,20H,(H,19,21). The smallest absolute Gasteiger partial charge is 0.272 e. The monoisotopic (exact) mass is 474 g/mol. The number of carbonyl (C=O) groups is 1. The van der Waals surface area contributed by atoms with E-state index in [2.05, 4.69) is 58.3 Å². The van der Waals surface area contributed by atoms with Gasteiger partial charge in [-0.3, -0.25) is 4.79 Å². The maximum Gasteiger partial charge on any atom is 0.272 e. The SMILES string of the molecule is O=C(NN=Cc1cc(Br)c(O)c(Br)c1)c1ccccc1Br. The fourth-order valence-corrected chi connectivity index (χ4v) is 3.22. The van der Waals surface area contributed by atoms with Crippen LogP contribution in [-0.4, -0.2) is 17.2 Å². The number of halogens is 3. The zero-order valence-electron chi connectivity index (χ0n) is 10.5. The Bertz CT molecular complexity index is 694. The molecule has 108 valence electrons. The molecule has 2 aromatic rings. The molecular formula is C14H9Br3N2O2. The van der Waals surface area contributed by atoms with Crippen molar-refractivity contribution in [2.45, 2.75) is 0 Å². The number of benzene rings is 2. The van der Waals surface area contributed by atoms with E-state index in [1.807, 2.05) is 6.07 Å². The van der Waals surface area contributed by atoms with Gasteiger partial charge in [0.25, 0.3) is 5.91 Å². The van der Waals surface area contributed by atoms with Crippen molar-refractivity contribution in [2.75, 3.05) is 0 Å². The summed E-state index contributed by atoms with van der Waals surface area (Å²) in [6, 6.07) is 10.5. The minimum atomic E-state index is -0.310. The Morgan fingerprint density at radius 3 is 2.33 bits per heavy atom. The fraction of sp³-hybridized carbons (Fsp3) is 0. The third-order valence-electron chi connectivity index (χ3n) is 2.54. The number of nitrogens with one attached hydrogen (secondary N) is 1. The van der Waals surface area contributed by atoms with E-state index in [0.29, 0.717) is 19.0 Å². The summed E-state index contributed by atoms with van der Waals surface area (Å²) in [6.07, 6.45) is 1.49. The Morgan fingerprint density at radius 2 is 1.71 bits per heavy atom.